The van der Waals surface area contributed by atoms with Crippen molar-refractivity contribution in [2.75, 3.05) is 25.0 Å². The van der Waals surface area contributed by atoms with Crippen LogP contribution in [0.4, 0.5) is 18.9 Å². The highest BCUT2D eigenvalue weighted by Gasteiger charge is 2.31. The number of phenolic OH excluding ortho intramolecular Hbond substituents is 1. The molecule has 5 nitrogen and oxygen atoms in total. The molecule has 1 aromatic rings. The highest BCUT2D eigenvalue weighted by molar-refractivity contribution is 5.95. The minimum atomic E-state index is -4.55. The van der Waals surface area contributed by atoms with Crippen LogP contribution in [0.25, 0.3) is 0 Å². The van der Waals surface area contributed by atoms with Gasteiger partial charge in [-0.2, -0.15) is 13.2 Å². The van der Waals surface area contributed by atoms with Crippen molar-refractivity contribution in [3.05, 3.63) is 23.8 Å². The maximum atomic E-state index is 12.6. The molecule has 0 aromatic heterocycles. The fourth-order valence-corrected chi connectivity index (χ4v) is 1.76. The third-order valence-electron chi connectivity index (χ3n) is 2.80. The van der Waals surface area contributed by atoms with Crippen molar-refractivity contribution in [2.24, 2.45) is 0 Å². The van der Waals surface area contributed by atoms with E-state index in [4.69, 9.17) is 4.74 Å². The molecule has 1 saturated heterocycles. The van der Waals surface area contributed by atoms with Gasteiger partial charge < -0.3 is 20.5 Å². The number of aromatic hydroxyl groups is 1. The molecule has 0 saturated carbocycles. The van der Waals surface area contributed by atoms with E-state index in [1.54, 1.807) is 0 Å². The second-order valence-corrected chi connectivity index (χ2v) is 4.28. The van der Waals surface area contributed by atoms with E-state index in [0.29, 0.717) is 19.2 Å². The summed E-state index contributed by atoms with van der Waals surface area (Å²) >= 11 is 0. The summed E-state index contributed by atoms with van der Waals surface area (Å²) in [6.45, 7) is 1.22. The third kappa shape index (κ3) is 3.40. The van der Waals surface area contributed by atoms with Crippen LogP contribution in [0.3, 0.4) is 0 Å². The summed E-state index contributed by atoms with van der Waals surface area (Å²) in [5.74, 6) is -1.04. The molecule has 0 spiro atoms. The van der Waals surface area contributed by atoms with Crippen LogP contribution in [0, 0.1) is 0 Å². The van der Waals surface area contributed by atoms with E-state index in [1.165, 1.54) is 0 Å². The van der Waals surface area contributed by atoms with Crippen molar-refractivity contribution < 1.29 is 27.8 Å². The van der Waals surface area contributed by atoms with E-state index < -0.39 is 29.5 Å². The van der Waals surface area contributed by atoms with Gasteiger partial charge in [0.25, 0.3) is 5.91 Å². The number of anilines is 1. The summed E-state index contributed by atoms with van der Waals surface area (Å²) in [5, 5.41) is 14.7. The zero-order valence-electron chi connectivity index (χ0n) is 10.3. The quantitative estimate of drug-likeness (QED) is 0.719. The molecular formula is C12H13F3N2O3. The SMILES string of the molecule is O=C(Nc1cc(C(F)(F)F)ccc1O)C1CNCCO1. The lowest BCUT2D eigenvalue weighted by Crippen LogP contribution is -2.45. The molecule has 1 unspecified atom stereocenters. The van der Waals surface area contributed by atoms with Crippen LogP contribution in [0.15, 0.2) is 18.2 Å². The first-order valence-electron chi connectivity index (χ1n) is 5.91. The third-order valence-corrected chi connectivity index (χ3v) is 2.80. The van der Waals surface area contributed by atoms with Gasteiger partial charge in [-0.1, -0.05) is 0 Å². The monoisotopic (exact) mass is 290 g/mol. The Labute approximate surface area is 112 Å². The topological polar surface area (TPSA) is 70.6 Å². The van der Waals surface area contributed by atoms with Crippen molar-refractivity contribution in [2.45, 2.75) is 12.3 Å². The van der Waals surface area contributed by atoms with Gasteiger partial charge in [0, 0.05) is 13.1 Å². The molecule has 1 fully saturated rings. The van der Waals surface area contributed by atoms with Crippen molar-refractivity contribution >= 4 is 11.6 Å². The zero-order chi connectivity index (χ0) is 14.8. The lowest BCUT2D eigenvalue weighted by Gasteiger charge is -2.23. The Morgan fingerprint density at radius 1 is 1.45 bits per heavy atom. The lowest BCUT2D eigenvalue weighted by atomic mass is 10.1. The smallest absolute Gasteiger partial charge is 0.416 e. The first-order chi connectivity index (χ1) is 9.38. The number of hydrogen-bond acceptors (Lipinski definition) is 4. The Hall–Kier alpha value is -1.80. The van der Waals surface area contributed by atoms with E-state index in [-0.39, 0.29) is 12.2 Å². The Morgan fingerprint density at radius 2 is 2.20 bits per heavy atom. The number of carbonyl (C=O) groups excluding carboxylic acids is 1. The van der Waals surface area contributed by atoms with Gasteiger partial charge in [-0.15, -0.1) is 0 Å². The second kappa shape index (κ2) is 5.68. The molecule has 3 N–H and O–H groups in total. The summed E-state index contributed by atoms with van der Waals surface area (Å²) < 4.78 is 42.9. The lowest BCUT2D eigenvalue weighted by molar-refractivity contribution is -0.137. The number of ether oxygens (including phenoxy) is 1. The number of rotatable bonds is 2. The molecule has 8 heteroatoms. The average molecular weight is 290 g/mol. The number of halogens is 3. The summed E-state index contributed by atoms with van der Waals surface area (Å²) in [6, 6.07) is 2.31. The van der Waals surface area contributed by atoms with Crippen molar-refractivity contribution in [3.8, 4) is 5.75 Å². The fourth-order valence-electron chi connectivity index (χ4n) is 1.76. The van der Waals surface area contributed by atoms with E-state index in [9.17, 15) is 23.1 Å². The molecule has 1 aromatic carbocycles. The number of morpholine rings is 1. The summed E-state index contributed by atoms with van der Waals surface area (Å²) in [7, 11) is 0. The van der Waals surface area contributed by atoms with Gasteiger partial charge >= 0.3 is 6.18 Å². The molecule has 1 heterocycles. The molecule has 1 atom stereocenters. The Morgan fingerprint density at radius 3 is 2.80 bits per heavy atom. The normalized spacial score (nSPS) is 19.6. The number of benzene rings is 1. The molecule has 2 rings (SSSR count). The number of hydrogen-bond donors (Lipinski definition) is 3. The van der Waals surface area contributed by atoms with Gasteiger partial charge in [-0.25, -0.2) is 0 Å². The molecule has 0 radical (unpaired) electrons. The maximum absolute atomic E-state index is 12.6. The van der Waals surface area contributed by atoms with E-state index in [1.807, 2.05) is 0 Å². The Kier molecular flexibility index (Phi) is 4.15. The summed E-state index contributed by atoms with van der Waals surface area (Å²) in [4.78, 5) is 11.8. The van der Waals surface area contributed by atoms with Crippen molar-refractivity contribution in [1.82, 2.24) is 5.32 Å². The molecule has 1 amide bonds. The highest BCUT2D eigenvalue weighted by atomic mass is 19.4. The van der Waals surface area contributed by atoms with Gasteiger partial charge in [-0.3, -0.25) is 4.79 Å². The van der Waals surface area contributed by atoms with Crippen LogP contribution < -0.4 is 10.6 Å². The number of carbonyl (C=O) groups is 1. The van der Waals surface area contributed by atoms with Gasteiger partial charge in [0.2, 0.25) is 0 Å². The van der Waals surface area contributed by atoms with E-state index in [0.717, 1.165) is 12.1 Å². The minimum Gasteiger partial charge on any atom is -0.506 e. The molecule has 1 aliphatic rings. The van der Waals surface area contributed by atoms with Gasteiger partial charge in [-0.05, 0) is 18.2 Å². The van der Waals surface area contributed by atoms with Crippen LogP contribution in [0.1, 0.15) is 5.56 Å². The van der Waals surface area contributed by atoms with Gasteiger partial charge in [0.05, 0.1) is 17.9 Å². The Bertz CT molecular complexity index is 499. The second-order valence-electron chi connectivity index (χ2n) is 4.28. The number of phenols is 1. The fraction of sp³-hybridized carbons (Fsp3) is 0.417. The van der Waals surface area contributed by atoms with Crippen LogP contribution in [0.2, 0.25) is 0 Å². The van der Waals surface area contributed by atoms with Crippen LogP contribution >= 0.6 is 0 Å². The van der Waals surface area contributed by atoms with Crippen LogP contribution in [0.5, 0.6) is 5.75 Å². The zero-order valence-corrected chi connectivity index (χ0v) is 10.3. The predicted molar refractivity (Wildman–Crippen MR) is 64.3 cm³/mol. The number of nitrogens with one attached hydrogen (secondary N) is 2. The van der Waals surface area contributed by atoms with Gasteiger partial charge in [0.15, 0.2) is 0 Å². The number of alkyl halides is 3. The van der Waals surface area contributed by atoms with Crippen LogP contribution in [-0.4, -0.2) is 36.8 Å². The van der Waals surface area contributed by atoms with Crippen LogP contribution in [-0.2, 0) is 15.7 Å². The summed E-state index contributed by atoms with van der Waals surface area (Å²) in [6.07, 6.45) is -5.34. The summed E-state index contributed by atoms with van der Waals surface area (Å²) in [5.41, 5.74) is -1.24. The first-order valence-corrected chi connectivity index (χ1v) is 5.91. The van der Waals surface area contributed by atoms with E-state index in [2.05, 4.69) is 10.6 Å². The largest absolute Gasteiger partial charge is 0.506 e. The minimum absolute atomic E-state index is 0.269. The Balaban J connectivity index is 2.13. The first kappa shape index (κ1) is 14.6. The standard InChI is InChI=1S/C12H13F3N2O3/c13-12(14,15)7-1-2-9(18)8(5-7)17-11(19)10-6-16-3-4-20-10/h1-2,5,10,16,18H,3-4,6H2,(H,17,19). The molecular weight excluding hydrogens is 277 g/mol. The molecule has 1 aliphatic heterocycles. The van der Waals surface area contributed by atoms with Crippen molar-refractivity contribution in [3.63, 3.8) is 0 Å². The molecule has 0 bridgehead atoms. The van der Waals surface area contributed by atoms with E-state index >= 15 is 0 Å². The predicted octanol–water partition coefficient (Wildman–Crippen LogP) is 1.34. The average Bonchev–Trinajstić information content (AvgIpc) is 2.41. The van der Waals surface area contributed by atoms with Crippen molar-refractivity contribution in [1.29, 1.82) is 0 Å². The van der Waals surface area contributed by atoms with Gasteiger partial charge in [0.1, 0.15) is 11.9 Å². The molecule has 0 aliphatic carbocycles. The number of amides is 1. The molecule has 20 heavy (non-hydrogen) atoms. The molecule has 110 valence electrons. The maximum Gasteiger partial charge on any atom is 0.416 e. The highest BCUT2D eigenvalue weighted by Crippen LogP contribution is 2.34.